The van der Waals surface area contributed by atoms with Crippen LogP contribution in [0.25, 0.3) is 16.9 Å². The van der Waals surface area contributed by atoms with E-state index in [2.05, 4.69) is 5.10 Å². The number of para-hydroxylation sites is 1. The van der Waals surface area contributed by atoms with E-state index in [0.717, 1.165) is 11.3 Å². The molecule has 4 nitrogen and oxygen atoms in total. The third kappa shape index (κ3) is 5.43. The molecule has 0 atom stereocenters. The van der Waals surface area contributed by atoms with Gasteiger partial charge in [-0.3, -0.25) is 4.90 Å². The zero-order valence-corrected chi connectivity index (χ0v) is 15.3. The summed E-state index contributed by atoms with van der Waals surface area (Å²) in [6.45, 7) is -0.932. The van der Waals surface area contributed by atoms with Crippen LogP contribution in [0, 0.1) is 0 Å². The van der Waals surface area contributed by atoms with Crippen LogP contribution in [0.1, 0.15) is 12.0 Å². The van der Waals surface area contributed by atoms with Crippen molar-refractivity contribution < 1.29 is 18.3 Å². The second-order valence-electron chi connectivity index (χ2n) is 6.55. The first-order chi connectivity index (χ1) is 13.5. The molecule has 0 spiro atoms. The molecule has 7 heteroatoms. The third-order valence-corrected chi connectivity index (χ3v) is 4.29. The van der Waals surface area contributed by atoms with Crippen LogP contribution in [0.15, 0.2) is 66.9 Å². The number of alkyl halides is 3. The lowest BCUT2D eigenvalue weighted by molar-refractivity contribution is -0.147. The molecule has 148 valence electrons. The summed E-state index contributed by atoms with van der Waals surface area (Å²) in [7, 11) is 0. The van der Waals surface area contributed by atoms with Gasteiger partial charge in [0.15, 0.2) is 0 Å². The fourth-order valence-corrected chi connectivity index (χ4v) is 3.08. The Hall–Kier alpha value is -2.64. The van der Waals surface area contributed by atoms with E-state index < -0.39 is 12.7 Å². The smallest absolute Gasteiger partial charge is 0.396 e. The number of hydrogen-bond donors (Lipinski definition) is 1. The van der Waals surface area contributed by atoms with Crippen molar-refractivity contribution in [3.8, 4) is 16.9 Å². The summed E-state index contributed by atoms with van der Waals surface area (Å²) in [6, 6.07) is 18.9. The van der Waals surface area contributed by atoms with Crippen LogP contribution in [-0.2, 0) is 6.54 Å². The quantitative estimate of drug-likeness (QED) is 0.625. The highest BCUT2D eigenvalue weighted by molar-refractivity contribution is 5.63. The number of halogens is 3. The van der Waals surface area contributed by atoms with Crippen molar-refractivity contribution in [2.45, 2.75) is 19.1 Å². The summed E-state index contributed by atoms with van der Waals surface area (Å²) < 4.78 is 40.7. The third-order valence-electron chi connectivity index (χ3n) is 4.29. The van der Waals surface area contributed by atoms with Gasteiger partial charge >= 0.3 is 6.18 Å². The van der Waals surface area contributed by atoms with Crippen molar-refractivity contribution in [3.05, 3.63) is 72.4 Å². The van der Waals surface area contributed by atoms with E-state index in [-0.39, 0.29) is 26.1 Å². The van der Waals surface area contributed by atoms with Gasteiger partial charge in [-0.2, -0.15) is 18.3 Å². The van der Waals surface area contributed by atoms with Crippen molar-refractivity contribution in [3.63, 3.8) is 0 Å². The van der Waals surface area contributed by atoms with Crippen LogP contribution in [-0.4, -0.2) is 45.7 Å². The molecule has 28 heavy (non-hydrogen) atoms. The van der Waals surface area contributed by atoms with E-state index >= 15 is 0 Å². The molecule has 3 rings (SSSR count). The zero-order chi connectivity index (χ0) is 20.0. The van der Waals surface area contributed by atoms with Crippen LogP contribution in [0.3, 0.4) is 0 Å². The Labute approximate surface area is 161 Å². The van der Waals surface area contributed by atoms with E-state index in [1.165, 1.54) is 4.90 Å². The molecule has 2 aromatic carbocycles. The van der Waals surface area contributed by atoms with Crippen LogP contribution in [0.4, 0.5) is 13.2 Å². The topological polar surface area (TPSA) is 41.3 Å². The van der Waals surface area contributed by atoms with Gasteiger partial charge < -0.3 is 5.11 Å². The van der Waals surface area contributed by atoms with Crippen molar-refractivity contribution in [1.29, 1.82) is 0 Å². The molecule has 0 radical (unpaired) electrons. The monoisotopic (exact) mass is 389 g/mol. The first kappa shape index (κ1) is 20.1. The molecular weight excluding hydrogens is 367 g/mol. The number of hydrogen-bond acceptors (Lipinski definition) is 3. The lowest BCUT2D eigenvalue weighted by Crippen LogP contribution is -2.35. The standard InChI is InChI=1S/C21H22F3N3O/c22-21(23,24)16-26(12-7-13-28)14-18-15-27(19-10-5-2-6-11-19)25-20(18)17-8-3-1-4-9-17/h1-6,8-11,15,28H,7,12-14,16H2. The van der Waals surface area contributed by atoms with Crippen LogP contribution >= 0.6 is 0 Å². The molecule has 1 aromatic heterocycles. The van der Waals surface area contributed by atoms with E-state index in [0.29, 0.717) is 11.3 Å². The SMILES string of the molecule is OCCCN(Cc1cn(-c2ccccc2)nc1-c1ccccc1)CC(F)(F)F. The number of benzene rings is 2. The Bertz CT molecular complexity index is 864. The molecule has 0 bridgehead atoms. The summed E-state index contributed by atoms with van der Waals surface area (Å²) in [5, 5.41) is 13.7. The predicted molar refractivity (Wildman–Crippen MR) is 102 cm³/mol. The molecule has 3 aromatic rings. The van der Waals surface area contributed by atoms with Crippen molar-refractivity contribution in [2.75, 3.05) is 19.7 Å². The minimum absolute atomic E-state index is 0.0938. The lowest BCUT2D eigenvalue weighted by Gasteiger charge is -2.23. The van der Waals surface area contributed by atoms with Crippen LogP contribution in [0.5, 0.6) is 0 Å². The average molecular weight is 389 g/mol. The van der Waals surface area contributed by atoms with Crippen LogP contribution in [0.2, 0.25) is 0 Å². The number of aliphatic hydroxyl groups excluding tert-OH is 1. The average Bonchev–Trinajstić information content (AvgIpc) is 3.10. The number of aromatic nitrogens is 2. The first-order valence-corrected chi connectivity index (χ1v) is 9.05. The number of rotatable bonds is 8. The Balaban J connectivity index is 1.96. The molecule has 0 aliphatic carbocycles. The Kier molecular flexibility index (Phi) is 6.49. The van der Waals surface area contributed by atoms with E-state index in [1.807, 2.05) is 60.7 Å². The van der Waals surface area contributed by atoms with Crippen molar-refractivity contribution >= 4 is 0 Å². The fourth-order valence-electron chi connectivity index (χ4n) is 3.08. The number of aliphatic hydroxyl groups is 1. The lowest BCUT2D eigenvalue weighted by atomic mass is 10.1. The first-order valence-electron chi connectivity index (χ1n) is 9.05. The van der Waals surface area contributed by atoms with Gasteiger partial charge in [0.2, 0.25) is 0 Å². The molecule has 1 N–H and O–H groups in total. The Morgan fingerprint density at radius 1 is 0.964 bits per heavy atom. The molecule has 0 saturated heterocycles. The van der Waals surface area contributed by atoms with Gasteiger partial charge in [-0.15, -0.1) is 0 Å². The molecule has 0 aliphatic rings. The highest BCUT2D eigenvalue weighted by Crippen LogP contribution is 2.26. The van der Waals surface area contributed by atoms with Gasteiger partial charge in [-0.25, -0.2) is 4.68 Å². The molecule has 0 aliphatic heterocycles. The van der Waals surface area contributed by atoms with E-state index in [4.69, 9.17) is 5.11 Å². The summed E-state index contributed by atoms with van der Waals surface area (Å²) in [4.78, 5) is 1.30. The summed E-state index contributed by atoms with van der Waals surface area (Å²) in [5.41, 5.74) is 3.04. The van der Waals surface area contributed by atoms with Gasteiger partial charge in [-0.05, 0) is 18.6 Å². The summed E-state index contributed by atoms with van der Waals surface area (Å²) in [6.07, 6.45) is -2.25. The van der Waals surface area contributed by atoms with Crippen LogP contribution < -0.4 is 0 Å². The van der Waals surface area contributed by atoms with E-state index in [1.54, 1.807) is 10.9 Å². The van der Waals surface area contributed by atoms with Gasteiger partial charge in [0.1, 0.15) is 0 Å². The molecular formula is C21H22F3N3O. The Morgan fingerprint density at radius 2 is 1.61 bits per heavy atom. The van der Waals surface area contributed by atoms with Crippen molar-refractivity contribution in [2.24, 2.45) is 0 Å². The maximum atomic E-state index is 13.0. The minimum Gasteiger partial charge on any atom is -0.396 e. The second kappa shape index (κ2) is 9.03. The Morgan fingerprint density at radius 3 is 2.21 bits per heavy atom. The van der Waals surface area contributed by atoms with Gasteiger partial charge in [0.25, 0.3) is 0 Å². The van der Waals surface area contributed by atoms with Gasteiger partial charge in [-0.1, -0.05) is 48.5 Å². The fraction of sp³-hybridized carbons (Fsp3) is 0.286. The highest BCUT2D eigenvalue weighted by Gasteiger charge is 2.31. The molecule has 1 heterocycles. The predicted octanol–water partition coefficient (Wildman–Crippen LogP) is 4.29. The largest absolute Gasteiger partial charge is 0.401 e. The molecule has 0 unspecified atom stereocenters. The molecule has 0 amide bonds. The maximum absolute atomic E-state index is 13.0. The summed E-state index contributed by atoms with van der Waals surface area (Å²) >= 11 is 0. The van der Waals surface area contributed by atoms with E-state index in [9.17, 15) is 13.2 Å². The van der Waals surface area contributed by atoms with Gasteiger partial charge in [0.05, 0.1) is 17.9 Å². The second-order valence-corrected chi connectivity index (χ2v) is 6.55. The van der Waals surface area contributed by atoms with Crippen molar-refractivity contribution in [1.82, 2.24) is 14.7 Å². The highest BCUT2D eigenvalue weighted by atomic mass is 19.4. The zero-order valence-electron chi connectivity index (χ0n) is 15.3. The molecule has 0 fully saturated rings. The minimum atomic E-state index is -4.31. The summed E-state index contributed by atoms with van der Waals surface area (Å²) in [5.74, 6) is 0. The maximum Gasteiger partial charge on any atom is 0.401 e. The van der Waals surface area contributed by atoms with Gasteiger partial charge in [0, 0.05) is 37.0 Å². The number of nitrogens with zero attached hydrogens (tertiary/aromatic N) is 3. The molecule has 0 saturated carbocycles. The normalized spacial score (nSPS) is 11.9.